The van der Waals surface area contributed by atoms with E-state index in [1.165, 1.54) is 5.56 Å². The van der Waals surface area contributed by atoms with E-state index in [0.717, 1.165) is 29.7 Å². The zero-order valence-corrected chi connectivity index (χ0v) is 11.6. The fourth-order valence-electron chi connectivity index (χ4n) is 2.26. The minimum atomic E-state index is -0.105. The molecule has 0 radical (unpaired) electrons. The Labute approximate surface area is 115 Å². The molecule has 1 unspecified atom stereocenters. The molecule has 2 aromatic rings. The van der Waals surface area contributed by atoms with Crippen LogP contribution in [0.1, 0.15) is 36.1 Å². The van der Waals surface area contributed by atoms with Gasteiger partial charge < -0.3 is 10.5 Å². The summed E-state index contributed by atoms with van der Waals surface area (Å²) in [6.45, 7) is 2.19. The summed E-state index contributed by atoms with van der Waals surface area (Å²) >= 11 is 0. The topological polar surface area (TPSA) is 35.2 Å². The van der Waals surface area contributed by atoms with E-state index < -0.39 is 0 Å². The highest BCUT2D eigenvalue weighted by atomic mass is 16.5. The molecule has 2 nitrogen and oxygen atoms in total. The van der Waals surface area contributed by atoms with Crippen molar-refractivity contribution in [2.75, 3.05) is 7.11 Å². The molecule has 0 amide bonds. The van der Waals surface area contributed by atoms with E-state index in [1.54, 1.807) is 7.11 Å². The molecular weight excluding hydrogens is 234 g/mol. The average Bonchev–Trinajstić information content (AvgIpc) is 2.47. The van der Waals surface area contributed by atoms with Crippen LogP contribution in [-0.4, -0.2) is 7.11 Å². The third-order valence-corrected chi connectivity index (χ3v) is 3.30. The second-order valence-electron chi connectivity index (χ2n) is 4.75. The highest BCUT2D eigenvalue weighted by Crippen LogP contribution is 2.24. The molecule has 0 aliphatic rings. The Hall–Kier alpha value is -1.80. The van der Waals surface area contributed by atoms with Crippen molar-refractivity contribution in [3.8, 4) is 5.75 Å². The number of hydrogen-bond acceptors (Lipinski definition) is 2. The maximum absolute atomic E-state index is 6.35. The first-order valence-electron chi connectivity index (χ1n) is 6.73. The third-order valence-electron chi connectivity index (χ3n) is 3.30. The van der Waals surface area contributed by atoms with Crippen LogP contribution in [0.5, 0.6) is 5.75 Å². The molecule has 0 saturated heterocycles. The lowest BCUT2D eigenvalue weighted by molar-refractivity contribution is 0.414. The summed E-state index contributed by atoms with van der Waals surface area (Å²) in [5, 5.41) is 0. The molecule has 0 fully saturated rings. The first-order chi connectivity index (χ1) is 9.24. The number of rotatable bonds is 5. The van der Waals surface area contributed by atoms with Crippen molar-refractivity contribution in [3.05, 3.63) is 65.2 Å². The van der Waals surface area contributed by atoms with E-state index >= 15 is 0 Å². The zero-order chi connectivity index (χ0) is 13.7. The second kappa shape index (κ2) is 6.39. The highest BCUT2D eigenvalue weighted by molar-refractivity contribution is 5.37. The maximum Gasteiger partial charge on any atom is 0.119 e. The van der Waals surface area contributed by atoms with Crippen LogP contribution < -0.4 is 10.5 Å². The number of benzene rings is 2. The first kappa shape index (κ1) is 13.6. The van der Waals surface area contributed by atoms with Crippen molar-refractivity contribution in [3.63, 3.8) is 0 Å². The summed E-state index contributed by atoms with van der Waals surface area (Å²) in [5.74, 6) is 0.845. The summed E-state index contributed by atoms with van der Waals surface area (Å²) in [5.41, 5.74) is 9.92. The van der Waals surface area contributed by atoms with Crippen LogP contribution in [-0.2, 0) is 6.42 Å². The van der Waals surface area contributed by atoms with Crippen LogP contribution in [0.25, 0.3) is 0 Å². The molecule has 2 aromatic carbocycles. The van der Waals surface area contributed by atoms with Crippen LogP contribution in [0.3, 0.4) is 0 Å². The lowest BCUT2D eigenvalue weighted by atomic mass is 9.97. The summed E-state index contributed by atoms with van der Waals surface area (Å²) in [4.78, 5) is 0. The Kier molecular flexibility index (Phi) is 4.58. The van der Waals surface area contributed by atoms with E-state index in [4.69, 9.17) is 10.5 Å². The minimum absolute atomic E-state index is 0.105. The maximum atomic E-state index is 6.35. The Morgan fingerprint density at radius 3 is 2.42 bits per heavy atom. The molecular formula is C17H21NO. The Bertz CT molecular complexity index is 536. The van der Waals surface area contributed by atoms with Crippen molar-refractivity contribution >= 4 is 0 Å². The van der Waals surface area contributed by atoms with E-state index in [2.05, 4.69) is 31.2 Å². The number of ether oxygens (including phenoxy) is 1. The van der Waals surface area contributed by atoms with Gasteiger partial charge in [-0.1, -0.05) is 49.7 Å². The van der Waals surface area contributed by atoms with E-state index in [9.17, 15) is 0 Å². The van der Waals surface area contributed by atoms with Crippen LogP contribution in [0.2, 0.25) is 0 Å². The monoisotopic (exact) mass is 255 g/mol. The number of methoxy groups -OCH3 is 1. The van der Waals surface area contributed by atoms with Gasteiger partial charge in [0, 0.05) is 0 Å². The van der Waals surface area contributed by atoms with Gasteiger partial charge in [-0.15, -0.1) is 0 Å². The molecule has 1 atom stereocenters. The fraction of sp³-hybridized carbons (Fsp3) is 0.294. The number of hydrogen-bond donors (Lipinski definition) is 1. The van der Waals surface area contributed by atoms with Gasteiger partial charge in [-0.2, -0.15) is 0 Å². The van der Waals surface area contributed by atoms with Crippen molar-refractivity contribution in [2.24, 2.45) is 5.73 Å². The van der Waals surface area contributed by atoms with Crippen molar-refractivity contribution in [1.29, 1.82) is 0 Å². The van der Waals surface area contributed by atoms with Crippen LogP contribution in [0.15, 0.2) is 48.5 Å². The second-order valence-corrected chi connectivity index (χ2v) is 4.75. The highest BCUT2D eigenvalue weighted by Gasteiger charge is 2.10. The fourth-order valence-corrected chi connectivity index (χ4v) is 2.26. The molecule has 0 aliphatic carbocycles. The number of nitrogens with two attached hydrogens (primary N) is 1. The van der Waals surface area contributed by atoms with Crippen LogP contribution in [0, 0.1) is 0 Å². The lowest BCUT2D eigenvalue weighted by Gasteiger charge is -2.14. The average molecular weight is 255 g/mol. The van der Waals surface area contributed by atoms with Gasteiger partial charge in [-0.3, -0.25) is 0 Å². The smallest absolute Gasteiger partial charge is 0.119 e. The molecule has 19 heavy (non-hydrogen) atoms. The summed E-state index contributed by atoms with van der Waals surface area (Å²) in [6.07, 6.45) is 2.25. The Morgan fingerprint density at radius 2 is 1.74 bits per heavy atom. The van der Waals surface area contributed by atoms with Gasteiger partial charge >= 0.3 is 0 Å². The van der Waals surface area contributed by atoms with Gasteiger partial charge in [0.1, 0.15) is 5.75 Å². The molecule has 2 rings (SSSR count). The van der Waals surface area contributed by atoms with Gasteiger partial charge in [0.2, 0.25) is 0 Å². The number of aryl methyl sites for hydroxylation is 1. The Balaban J connectivity index is 2.27. The van der Waals surface area contributed by atoms with Crippen molar-refractivity contribution in [1.82, 2.24) is 0 Å². The van der Waals surface area contributed by atoms with E-state index in [1.807, 2.05) is 24.3 Å². The van der Waals surface area contributed by atoms with Crippen LogP contribution >= 0.6 is 0 Å². The predicted octanol–water partition coefficient (Wildman–Crippen LogP) is 3.70. The zero-order valence-electron chi connectivity index (χ0n) is 11.6. The minimum Gasteiger partial charge on any atom is -0.497 e. The van der Waals surface area contributed by atoms with Gasteiger partial charge in [0.05, 0.1) is 13.2 Å². The first-order valence-corrected chi connectivity index (χ1v) is 6.73. The third kappa shape index (κ3) is 3.36. The normalized spacial score (nSPS) is 12.2. The predicted molar refractivity (Wildman–Crippen MR) is 79.5 cm³/mol. The van der Waals surface area contributed by atoms with Crippen molar-refractivity contribution < 1.29 is 4.74 Å². The molecule has 0 aromatic heterocycles. The largest absolute Gasteiger partial charge is 0.497 e. The molecule has 0 saturated carbocycles. The molecule has 0 heterocycles. The van der Waals surface area contributed by atoms with Gasteiger partial charge in [0.15, 0.2) is 0 Å². The van der Waals surface area contributed by atoms with Crippen LogP contribution in [0.4, 0.5) is 0 Å². The van der Waals surface area contributed by atoms with Gasteiger partial charge in [0.25, 0.3) is 0 Å². The summed E-state index contributed by atoms with van der Waals surface area (Å²) in [6, 6.07) is 16.4. The van der Waals surface area contributed by atoms with E-state index in [0.29, 0.717) is 0 Å². The molecule has 0 aliphatic heterocycles. The summed E-state index contributed by atoms with van der Waals surface area (Å²) < 4.78 is 5.25. The molecule has 100 valence electrons. The van der Waals surface area contributed by atoms with Gasteiger partial charge in [-0.25, -0.2) is 0 Å². The molecule has 0 spiro atoms. The summed E-state index contributed by atoms with van der Waals surface area (Å²) in [7, 11) is 1.67. The Morgan fingerprint density at radius 1 is 1.05 bits per heavy atom. The lowest BCUT2D eigenvalue weighted by Crippen LogP contribution is -2.12. The standard InChI is InChI=1S/C17H21NO/c1-3-6-13-7-4-8-14(11-13)17(18)15-9-5-10-16(12-15)19-2/h4-5,7-12,17H,3,6,18H2,1-2H3. The van der Waals surface area contributed by atoms with Crippen molar-refractivity contribution in [2.45, 2.75) is 25.8 Å². The molecule has 0 bridgehead atoms. The quantitative estimate of drug-likeness (QED) is 0.884. The van der Waals surface area contributed by atoms with E-state index in [-0.39, 0.29) is 6.04 Å². The molecule has 2 heteroatoms. The SMILES string of the molecule is CCCc1cccc(C(N)c2cccc(OC)c2)c1. The molecule has 2 N–H and O–H groups in total. The van der Waals surface area contributed by atoms with Gasteiger partial charge in [-0.05, 0) is 35.2 Å².